The average molecular weight is 345 g/mol. The highest BCUT2D eigenvalue weighted by Crippen LogP contribution is 2.44. The van der Waals surface area contributed by atoms with Gasteiger partial charge < -0.3 is 15.0 Å². The smallest absolute Gasteiger partial charge is 0.225 e. The van der Waals surface area contributed by atoms with Gasteiger partial charge >= 0.3 is 0 Å². The summed E-state index contributed by atoms with van der Waals surface area (Å²) in [5.41, 5.74) is 1.19. The first-order valence-electron chi connectivity index (χ1n) is 9.56. The van der Waals surface area contributed by atoms with Crippen molar-refractivity contribution in [2.45, 2.75) is 39.7 Å². The number of amides is 1. The van der Waals surface area contributed by atoms with Gasteiger partial charge in [0.25, 0.3) is 0 Å². The number of hydrogen-bond acceptors (Lipinski definition) is 4. The molecule has 1 spiro atoms. The zero-order chi connectivity index (χ0) is 17.7. The Hall–Kier alpha value is -1.46. The van der Waals surface area contributed by atoms with Gasteiger partial charge in [-0.15, -0.1) is 0 Å². The van der Waals surface area contributed by atoms with Crippen LogP contribution in [0.5, 0.6) is 0 Å². The van der Waals surface area contributed by atoms with Gasteiger partial charge in [-0.3, -0.25) is 9.78 Å². The maximum Gasteiger partial charge on any atom is 0.225 e. The van der Waals surface area contributed by atoms with Crippen molar-refractivity contribution < 1.29 is 9.53 Å². The van der Waals surface area contributed by atoms with Crippen molar-refractivity contribution in [3.8, 4) is 0 Å². The molecule has 5 nitrogen and oxygen atoms in total. The summed E-state index contributed by atoms with van der Waals surface area (Å²) in [7, 11) is 0. The highest BCUT2D eigenvalue weighted by molar-refractivity contribution is 5.80. The zero-order valence-electron chi connectivity index (χ0n) is 15.5. The number of nitrogens with zero attached hydrogens (tertiary/aromatic N) is 2. The average Bonchev–Trinajstić information content (AvgIpc) is 2.97. The molecule has 0 aliphatic carbocycles. The van der Waals surface area contributed by atoms with Crippen LogP contribution in [0.15, 0.2) is 24.5 Å². The molecular weight excluding hydrogens is 314 g/mol. The van der Waals surface area contributed by atoms with Crippen molar-refractivity contribution in [2.24, 2.45) is 17.3 Å². The Balaban J connectivity index is 1.64. The minimum atomic E-state index is 0.0744. The van der Waals surface area contributed by atoms with Crippen LogP contribution in [0.4, 0.5) is 0 Å². The molecule has 138 valence electrons. The van der Waals surface area contributed by atoms with Crippen LogP contribution in [0, 0.1) is 17.3 Å². The number of pyridine rings is 1. The second-order valence-electron chi connectivity index (χ2n) is 8.02. The van der Waals surface area contributed by atoms with E-state index >= 15 is 0 Å². The van der Waals surface area contributed by atoms with Crippen LogP contribution in [-0.4, -0.2) is 48.6 Å². The Bertz CT molecular complexity index is 555. The molecule has 3 rings (SSSR count). The summed E-state index contributed by atoms with van der Waals surface area (Å²) in [5.74, 6) is 0.973. The molecule has 0 aromatic carbocycles. The molecule has 0 radical (unpaired) electrons. The Morgan fingerprint density at radius 3 is 2.76 bits per heavy atom. The number of ether oxygens (including phenoxy) is 1. The molecule has 2 fully saturated rings. The fourth-order valence-corrected chi connectivity index (χ4v) is 4.14. The summed E-state index contributed by atoms with van der Waals surface area (Å²) in [4.78, 5) is 19.5. The highest BCUT2D eigenvalue weighted by Gasteiger charge is 2.50. The van der Waals surface area contributed by atoms with E-state index in [1.54, 1.807) is 12.4 Å². The molecule has 0 saturated carbocycles. The van der Waals surface area contributed by atoms with Crippen LogP contribution < -0.4 is 5.32 Å². The van der Waals surface area contributed by atoms with E-state index in [0.29, 0.717) is 12.5 Å². The normalized spacial score (nSPS) is 23.2. The van der Waals surface area contributed by atoms with E-state index in [4.69, 9.17) is 4.74 Å². The van der Waals surface area contributed by atoms with Gasteiger partial charge in [0.2, 0.25) is 5.91 Å². The maximum absolute atomic E-state index is 13.0. The Morgan fingerprint density at radius 2 is 2.08 bits per heavy atom. The van der Waals surface area contributed by atoms with E-state index in [9.17, 15) is 4.79 Å². The number of likely N-dealkylation sites (tertiary alicyclic amines) is 1. The van der Waals surface area contributed by atoms with E-state index in [2.05, 4.69) is 29.0 Å². The van der Waals surface area contributed by atoms with Crippen molar-refractivity contribution in [1.29, 1.82) is 0 Å². The molecule has 1 amide bonds. The first-order chi connectivity index (χ1) is 12.1. The van der Waals surface area contributed by atoms with Gasteiger partial charge in [-0.1, -0.05) is 13.8 Å². The summed E-state index contributed by atoms with van der Waals surface area (Å²) < 4.78 is 5.59. The molecular formula is C20H31N3O2. The molecule has 2 aliphatic heterocycles. The fourth-order valence-electron chi connectivity index (χ4n) is 4.14. The molecule has 1 atom stereocenters. The minimum Gasteiger partial charge on any atom is -0.381 e. The van der Waals surface area contributed by atoms with Gasteiger partial charge in [0.1, 0.15) is 0 Å². The van der Waals surface area contributed by atoms with Gasteiger partial charge in [0.15, 0.2) is 0 Å². The topological polar surface area (TPSA) is 54.5 Å². The van der Waals surface area contributed by atoms with Crippen LogP contribution in [-0.2, 0) is 16.1 Å². The lowest BCUT2D eigenvalue weighted by Gasteiger charge is -2.37. The summed E-state index contributed by atoms with van der Waals surface area (Å²) >= 11 is 0. The lowest BCUT2D eigenvalue weighted by atomic mass is 9.71. The molecule has 2 aliphatic rings. The lowest BCUT2D eigenvalue weighted by molar-refractivity contribution is -0.130. The first kappa shape index (κ1) is 18.3. The summed E-state index contributed by atoms with van der Waals surface area (Å²) in [5, 5.41) is 3.16. The summed E-state index contributed by atoms with van der Waals surface area (Å²) in [6.07, 6.45) is 6.73. The molecule has 1 unspecified atom stereocenters. The van der Waals surface area contributed by atoms with E-state index in [-0.39, 0.29) is 17.2 Å². The minimum absolute atomic E-state index is 0.0744. The zero-order valence-corrected chi connectivity index (χ0v) is 15.5. The number of rotatable bonds is 6. The van der Waals surface area contributed by atoms with Gasteiger partial charge in [-0.05, 0) is 49.4 Å². The molecule has 0 bridgehead atoms. The highest BCUT2D eigenvalue weighted by atomic mass is 16.5. The van der Waals surface area contributed by atoms with Crippen LogP contribution in [0.25, 0.3) is 0 Å². The SMILES string of the molecule is CC(C)CCN1CC(C(=O)NCc2ccncc2)C2(CCOCC2)C1. The number of carbonyl (C=O) groups is 1. The van der Waals surface area contributed by atoms with Crippen LogP contribution in [0.1, 0.15) is 38.7 Å². The second kappa shape index (κ2) is 8.28. The van der Waals surface area contributed by atoms with Gasteiger partial charge in [0.05, 0.1) is 5.92 Å². The van der Waals surface area contributed by atoms with Gasteiger partial charge in [-0.25, -0.2) is 0 Å². The standard InChI is InChI=1S/C20H31N3O2/c1-16(2)5-10-23-14-18(20(15-23)6-11-25-12-7-20)19(24)22-13-17-3-8-21-9-4-17/h3-4,8-9,16,18H,5-7,10-15H2,1-2H3,(H,22,24). The van der Waals surface area contributed by atoms with Crippen molar-refractivity contribution in [3.05, 3.63) is 30.1 Å². The third kappa shape index (κ3) is 4.59. The van der Waals surface area contributed by atoms with Gasteiger partial charge in [-0.2, -0.15) is 0 Å². The number of carbonyl (C=O) groups excluding carboxylic acids is 1. The summed E-state index contributed by atoms with van der Waals surface area (Å²) in [6, 6.07) is 3.90. The largest absolute Gasteiger partial charge is 0.381 e. The van der Waals surface area contributed by atoms with E-state index in [1.807, 2.05) is 12.1 Å². The van der Waals surface area contributed by atoms with Crippen molar-refractivity contribution >= 4 is 5.91 Å². The van der Waals surface area contributed by atoms with E-state index in [0.717, 1.165) is 51.3 Å². The Kier molecular flexibility index (Phi) is 6.07. The third-order valence-electron chi connectivity index (χ3n) is 5.76. The van der Waals surface area contributed by atoms with Crippen molar-refractivity contribution in [2.75, 3.05) is 32.8 Å². The number of aromatic nitrogens is 1. The molecule has 25 heavy (non-hydrogen) atoms. The predicted molar refractivity (Wildman–Crippen MR) is 98.0 cm³/mol. The molecule has 1 aromatic heterocycles. The van der Waals surface area contributed by atoms with Crippen LogP contribution >= 0.6 is 0 Å². The molecule has 1 aromatic rings. The Labute approximate surface area is 151 Å². The molecule has 3 heterocycles. The van der Waals surface area contributed by atoms with E-state index in [1.165, 1.54) is 6.42 Å². The molecule has 2 saturated heterocycles. The predicted octanol–water partition coefficient (Wildman–Crippen LogP) is 2.47. The quantitative estimate of drug-likeness (QED) is 0.861. The molecule has 5 heteroatoms. The van der Waals surface area contributed by atoms with Crippen molar-refractivity contribution in [1.82, 2.24) is 15.2 Å². The lowest BCUT2D eigenvalue weighted by Crippen LogP contribution is -2.44. The third-order valence-corrected chi connectivity index (χ3v) is 5.76. The Morgan fingerprint density at radius 1 is 1.36 bits per heavy atom. The first-order valence-corrected chi connectivity index (χ1v) is 9.56. The van der Waals surface area contributed by atoms with Crippen molar-refractivity contribution in [3.63, 3.8) is 0 Å². The number of hydrogen-bond donors (Lipinski definition) is 1. The molecule has 1 N–H and O–H groups in total. The summed E-state index contributed by atoms with van der Waals surface area (Å²) in [6.45, 7) is 9.69. The monoisotopic (exact) mass is 345 g/mol. The van der Waals surface area contributed by atoms with Crippen LogP contribution in [0.3, 0.4) is 0 Å². The second-order valence-corrected chi connectivity index (χ2v) is 8.02. The van der Waals surface area contributed by atoms with Crippen LogP contribution in [0.2, 0.25) is 0 Å². The fraction of sp³-hybridized carbons (Fsp3) is 0.700. The maximum atomic E-state index is 13.0. The van der Waals surface area contributed by atoms with Gasteiger partial charge in [0, 0.05) is 50.7 Å². The van der Waals surface area contributed by atoms with E-state index < -0.39 is 0 Å². The number of nitrogens with one attached hydrogen (secondary N) is 1.